The summed E-state index contributed by atoms with van der Waals surface area (Å²) >= 11 is 0. The predicted molar refractivity (Wildman–Crippen MR) is 150 cm³/mol. The van der Waals surface area contributed by atoms with Crippen molar-refractivity contribution in [1.82, 2.24) is 4.90 Å². The highest BCUT2D eigenvalue weighted by Crippen LogP contribution is 2.47. The number of hydrogen-bond acceptors (Lipinski definition) is 5. The van der Waals surface area contributed by atoms with Crippen molar-refractivity contribution in [3.63, 3.8) is 0 Å². The second-order valence-electron chi connectivity index (χ2n) is 10.1. The van der Waals surface area contributed by atoms with Crippen molar-refractivity contribution in [3.05, 3.63) is 107 Å². The van der Waals surface area contributed by atoms with E-state index in [1.54, 1.807) is 11.8 Å². The van der Waals surface area contributed by atoms with Gasteiger partial charge >= 0.3 is 12.1 Å². The first-order chi connectivity index (χ1) is 19.0. The van der Waals surface area contributed by atoms with E-state index in [1.807, 2.05) is 54.6 Å². The molecule has 5 rings (SSSR count). The molecule has 0 aromatic heterocycles. The largest absolute Gasteiger partial charge is 0.493 e. The number of ether oxygens (including phenoxy) is 3. The highest BCUT2D eigenvalue weighted by atomic mass is 16.6. The van der Waals surface area contributed by atoms with Gasteiger partial charge in [0.05, 0.1) is 13.2 Å². The fourth-order valence-corrected chi connectivity index (χ4v) is 5.71. The molecule has 1 fully saturated rings. The molecule has 0 spiro atoms. The molecule has 6 nitrogen and oxygen atoms in total. The van der Waals surface area contributed by atoms with Gasteiger partial charge in [-0.1, -0.05) is 72.8 Å². The van der Waals surface area contributed by atoms with Gasteiger partial charge in [-0.25, -0.2) is 9.59 Å². The number of benzene rings is 3. The predicted octanol–water partition coefficient (Wildman–Crippen LogP) is 6.22. The van der Waals surface area contributed by atoms with E-state index in [0.29, 0.717) is 19.6 Å². The van der Waals surface area contributed by atoms with Crippen LogP contribution in [0.3, 0.4) is 0 Å². The Bertz CT molecular complexity index is 1320. The Hall–Kier alpha value is -4.06. The van der Waals surface area contributed by atoms with E-state index in [-0.39, 0.29) is 31.0 Å². The van der Waals surface area contributed by atoms with Gasteiger partial charge in [0.1, 0.15) is 18.4 Å². The molecule has 39 heavy (non-hydrogen) atoms. The van der Waals surface area contributed by atoms with E-state index < -0.39 is 12.1 Å². The van der Waals surface area contributed by atoms with E-state index >= 15 is 0 Å². The molecule has 0 bridgehead atoms. The normalized spacial score (nSPS) is 19.8. The van der Waals surface area contributed by atoms with Crippen LogP contribution in [0.15, 0.2) is 84.9 Å². The molecule has 3 aromatic rings. The van der Waals surface area contributed by atoms with Gasteiger partial charge in [-0.15, -0.1) is 0 Å². The summed E-state index contributed by atoms with van der Waals surface area (Å²) in [6.07, 6.45) is 3.28. The van der Waals surface area contributed by atoms with E-state index in [0.717, 1.165) is 34.4 Å². The van der Waals surface area contributed by atoms with Crippen LogP contribution < -0.4 is 4.74 Å². The van der Waals surface area contributed by atoms with E-state index in [1.165, 1.54) is 5.56 Å². The Kier molecular flexibility index (Phi) is 8.30. The van der Waals surface area contributed by atoms with Gasteiger partial charge < -0.3 is 14.2 Å². The average Bonchev–Trinajstić information content (AvgIpc) is 3.53. The molecule has 3 atom stereocenters. The summed E-state index contributed by atoms with van der Waals surface area (Å²) in [5, 5.41) is 0. The van der Waals surface area contributed by atoms with Gasteiger partial charge in [-0.05, 0) is 60.2 Å². The van der Waals surface area contributed by atoms with Crippen LogP contribution in [0.2, 0.25) is 0 Å². The molecule has 0 saturated carbocycles. The van der Waals surface area contributed by atoms with Crippen molar-refractivity contribution in [2.24, 2.45) is 11.8 Å². The fourth-order valence-electron chi connectivity index (χ4n) is 5.71. The number of allylic oxidation sites excluding steroid dienone is 1. The first-order valence-corrected chi connectivity index (χ1v) is 13.7. The van der Waals surface area contributed by atoms with Crippen molar-refractivity contribution in [2.45, 2.75) is 39.3 Å². The van der Waals surface area contributed by atoms with Gasteiger partial charge in [0.2, 0.25) is 0 Å². The minimum Gasteiger partial charge on any atom is -0.493 e. The number of esters is 1. The maximum Gasteiger partial charge on any atom is 0.410 e. The van der Waals surface area contributed by atoms with E-state index in [2.05, 4.69) is 37.3 Å². The zero-order chi connectivity index (χ0) is 27.2. The minimum absolute atomic E-state index is 0.0351. The summed E-state index contributed by atoms with van der Waals surface area (Å²) in [7, 11) is 0. The van der Waals surface area contributed by atoms with Gasteiger partial charge in [-0.3, -0.25) is 4.90 Å². The standard InChI is InChI=1S/C33H35NO5/c1-3-37-32(35)31-28-16-15-27(29(28)21-34(31)33(36)39-22-25-12-8-5-9-13-25)26-14-17-30(23(2)20-26)38-19-18-24-10-6-4-7-11-24/h4-15,17,20,28-29,31H,3,16,18-19,21-22H2,1-2H3/t28-,29+,31-/m0/s1. The van der Waals surface area contributed by atoms with Crippen LogP contribution in [0, 0.1) is 18.8 Å². The number of likely N-dealkylation sites (tertiary alicyclic amines) is 1. The fraction of sp³-hybridized carbons (Fsp3) is 0.333. The summed E-state index contributed by atoms with van der Waals surface area (Å²) in [6, 6.07) is 25.4. The molecule has 1 aliphatic heterocycles. The van der Waals surface area contributed by atoms with Crippen molar-refractivity contribution in [3.8, 4) is 5.75 Å². The lowest BCUT2D eigenvalue weighted by atomic mass is 9.87. The molecular formula is C33H35NO5. The quantitative estimate of drug-likeness (QED) is 0.310. The van der Waals surface area contributed by atoms with Crippen LogP contribution in [0.25, 0.3) is 5.57 Å². The van der Waals surface area contributed by atoms with Crippen molar-refractivity contribution >= 4 is 17.6 Å². The molecule has 1 aliphatic carbocycles. The summed E-state index contributed by atoms with van der Waals surface area (Å²) < 4.78 is 17.1. The number of amides is 1. The summed E-state index contributed by atoms with van der Waals surface area (Å²) in [4.78, 5) is 27.8. The molecule has 1 amide bonds. The SMILES string of the molecule is CCOC(=O)[C@@H]1[C@H]2CC=C(c3ccc(OCCc4ccccc4)c(C)c3)[C@H]2CN1C(=O)OCc1ccccc1. The molecule has 202 valence electrons. The third-order valence-corrected chi connectivity index (χ3v) is 7.63. The zero-order valence-corrected chi connectivity index (χ0v) is 22.5. The van der Waals surface area contributed by atoms with Crippen molar-refractivity contribution < 1.29 is 23.8 Å². The molecular weight excluding hydrogens is 490 g/mol. The number of nitrogens with zero attached hydrogens (tertiary/aromatic N) is 1. The Morgan fingerprint density at radius 3 is 2.33 bits per heavy atom. The zero-order valence-electron chi connectivity index (χ0n) is 22.5. The van der Waals surface area contributed by atoms with E-state index in [4.69, 9.17) is 14.2 Å². The highest BCUT2D eigenvalue weighted by molar-refractivity contribution is 5.85. The number of carbonyl (C=O) groups excluding carboxylic acids is 2. The van der Waals surface area contributed by atoms with Gasteiger partial charge in [0, 0.05) is 24.8 Å². The Morgan fingerprint density at radius 1 is 0.923 bits per heavy atom. The van der Waals surface area contributed by atoms with Crippen molar-refractivity contribution in [2.75, 3.05) is 19.8 Å². The summed E-state index contributed by atoms with van der Waals surface area (Å²) in [5.41, 5.74) is 5.46. The molecule has 2 aliphatic rings. The van der Waals surface area contributed by atoms with Crippen LogP contribution in [0.4, 0.5) is 4.79 Å². The number of carbonyl (C=O) groups is 2. The highest BCUT2D eigenvalue weighted by Gasteiger charge is 2.52. The number of hydrogen-bond donors (Lipinski definition) is 0. The minimum atomic E-state index is -0.659. The topological polar surface area (TPSA) is 65.1 Å². The Labute approximate surface area is 230 Å². The number of aryl methyl sites for hydroxylation is 1. The van der Waals surface area contributed by atoms with E-state index in [9.17, 15) is 9.59 Å². The second-order valence-corrected chi connectivity index (χ2v) is 10.1. The first kappa shape index (κ1) is 26.5. The van der Waals surface area contributed by atoms with Crippen LogP contribution in [-0.4, -0.2) is 42.8 Å². The van der Waals surface area contributed by atoms with Crippen molar-refractivity contribution in [1.29, 1.82) is 0 Å². The lowest BCUT2D eigenvalue weighted by Crippen LogP contribution is -2.44. The molecule has 0 radical (unpaired) electrons. The van der Waals surface area contributed by atoms with Gasteiger partial charge in [0.15, 0.2) is 0 Å². The summed E-state index contributed by atoms with van der Waals surface area (Å²) in [6.45, 7) is 5.30. The molecule has 0 unspecified atom stereocenters. The molecule has 1 saturated heterocycles. The van der Waals surface area contributed by atoms with Gasteiger partial charge in [0.25, 0.3) is 0 Å². The monoisotopic (exact) mass is 525 g/mol. The molecule has 0 N–H and O–H groups in total. The maximum absolute atomic E-state index is 13.2. The maximum atomic E-state index is 13.2. The number of fused-ring (bicyclic) bond motifs is 1. The summed E-state index contributed by atoms with van der Waals surface area (Å²) in [5.74, 6) is 0.500. The number of rotatable bonds is 9. The lowest BCUT2D eigenvalue weighted by Gasteiger charge is -2.25. The molecule has 1 heterocycles. The average molecular weight is 526 g/mol. The van der Waals surface area contributed by atoms with Crippen LogP contribution in [0.5, 0.6) is 5.75 Å². The first-order valence-electron chi connectivity index (χ1n) is 13.7. The van der Waals surface area contributed by atoms with Crippen LogP contribution in [-0.2, 0) is 27.3 Å². The smallest absolute Gasteiger partial charge is 0.410 e. The molecule has 3 aromatic carbocycles. The lowest BCUT2D eigenvalue weighted by molar-refractivity contribution is -0.149. The van der Waals surface area contributed by atoms with Gasteiger partial charge in [-0.2, -0.15) is 0 Å². The third kappa shape index (κ3) is 6.00. The Morgan fingerprint density at radius 2 is 1.64 bits per heavy atom. The molecule has 6 heteroatoms. The Balaban J connectivity index is 1.27. The van der Waals surface area contributed by atoms with Crippen LogP contribution in [0.1, 0.15) is 35.6 Å². The second kappa shape index (κ2) is 12.2. The van der Waals surface area contributed by atoms with Crippen LogP contribution >= 0.6 is 0 Å². The third-order valence-electron chi connectivity index (χ3n) is 7.63.